The van der Waals surface area contributed by atoms with Crippen molar-refractivity contribution in [3.63, 3.8) is 0 Å². The van der Waals surface area contributed by atoms with Gasteiger partial charge in [0.15, 0.2) is 5.96 Å². The number of ether oxygens (including phenoxy) is 2. The number of aliphatic imine (C=N–C) groups is 1. The van der Waals surface area contributed by atoms with Gasteiger partial charge in [-0.25, -0.2) is 0 Å². The number of carbonyl (C=O) groups excluding carboxylic acids is 2. The standard InChI is InChI=1S/C15H27N3O4.HI/c1-5-22-13(19)7-6-8-17-15(16-3)18-9-11(2)12(10-18)14(20)21-4;/h11-12H,5-10H2,1-4H3,(H,16,17);1H. The lowest BCUT2D eigenvalue weighted by Crippen LogP contribution is -2.41. The molecule has 1 saturated heterocycles. The molecule has 0 aromatic heterocycles. The maximum atomic E-state index is 11.7. The summed E-state index contributed by atoms with van der Waals surface area (Å²) >= 11 is 0. The van der Waals surface area contributed by atoms with E-state index in [1.807, 2.05) is 6.92 Å². The Morgan fingerprint density at radius 3 is 2.61 bits per heavy atom. The molecule has 0 aliphatic carbocycles. The van der Waals surface area contributed by atoms with Crippen molar-refractivity contribution >= 4 is 41.9 Å². The van der Waals surface area contributed by atoms with Gasteiger partial charge < -0.3 is 19.7 Å². The largest absolute Gasteiger partial charge is 0.469 e. The molecule has 1 N–H and O–H groups in total. The second-order valence-electron chi connectivity index (χ2n) is 5.39. The van der Waals surface area contributed by atoms with Gasteiger partial charge in [0.05, 0.1) is 19.6 Å². The number of hydrogen-bond donors (Lipinski definition) is 1. The van der Waals surface area contributed by atoms with Crippen molar-refractivity contribution in [3.05, 3.63) is 0 Å². The number of hydrogen-bond acceptors (Lipinski definition) is 5. The second kappa shape index (κ2) is 11.5. The summed E-state index contributed by atoms with van der Waals surface area (Å²) in [6.07, 6.45) is 1.07. The summed E-state index contributed by atoms with van der Waals surface area (Å²) in [5.41, 5.74) is 0. The van der Waals surface area contributed by atoms with Gasteiger partial charge in [-0.05, 0) is 19.3 Å². The molecule has 8 heteroatoms. The zero-order valence-corrected chi connectivity index (χ0v) is 16.7. The first-order valence-corrected chi connectivity index (χ1v) is 7.72. The minimum atomic E-state index is -0.181. The minimum Gasteiger partial charge on any atom is -0.469 e. The SMILES string of the molecule is CCOC(=O)CCCNC(=NC)N1CC(C)C(C(=O)OC)C1.I. The number of nitrogens with zero attached hydrogens (tertiary/aromatic N) is 2. The van der Waals surface area contributed by atoms with Gasteiger partial charge in [-0.2, -0.15) is 0 Å². The highest BCUT2D eigenvalue weighted by Gasteiger charge is 2.36. The molecule has 1 rings (SSSR count). The summed E-state index contributed by atoms with van der Waals surface area (Å²) in [5.74, 6) is 0.503. The average molecular weight is 441 g/mol. The lowest BCUT2D eigenvalue weighted by atomic mass is 9.99. The van der Waals surface area contributed by atoms with Crippen LogP contribution in [0, 0.1) is 11.8 Å². The van der Waals surface area contributed by atoms with E-state index in [-0.39, 0.29) is 47.8 Å². The Kier molecular flexibility index (Phi) is 10.9. The third-order valence-corrected chi connectivity index (χ3v) is 3.77. The summed E-state index contributed by atoms with van der Waals surface area (Å²) in [6.45, 7) is 6.25. The van der Waals surface area contributed by atoms with E-state index in [9.17, 15) is 9.59 Å². The van der Waals surface area contributed by atoms with E-state index >= 15 is 0 Å². The molecule has 0 aromatic rings. The quantitative estimate of drug-likeness (QED) is 0.220. The van der Waals surface area contributed by atoms with Gasteiger partial charge in [-0.3, -0.25) is 14.6 Å². The van der Waals surface area contributed by atoms with Gasteiger partial charge in [0.2, 0.25) is 0 Å². The first-order chi connectivity index (χ1) is 10.5. The molecule has 1 fully saturated rings. The number of likely N-dealkylation sites (tertiary alicyclic amines) is 1. The van der Waals surface area contributed by atoms with Crippen LogP contribution in [0.15, 0.2) is 4.99 Å². The van der Waals surface area contributed by atoms with Crippen molar-refractivity contribution in [2.24, 2.45) is 16.8 Å². The Morgan fingerprint density at radius 2 is 2.04 bits per heavy atom. The van der Waals surface area contributed by atoms with Gasteiger partial charge in [0.1, 0.15) is 0 Å². The molecule has 0 amide bonds. The van der Waals surface area contributed by atoms with Crippen LogP contribution in [0.1, 0.15) is 26.7 Å². The van der Waals surface area contributed by atoms with E-state index in [4.69, 9.17) is 9.47 Å². The molecule has 1 aliphatic heterocycles. The van der Waals surface area contributed by atoms with Crippen molar-refractivity contribution in [2.45, 2.75) is 26.7 Å². The molecule has 2 atom stereocenters. The van der Waals surface area contributed by atoms with Crippen molar-refractivity contribution in [1.82, 2.24) is 10.2 Å². The predicted molar refractivity (Wildman–Crippen MR) is 98.9 cm³/mol. The molecule has 0 aromatic carbocycles. The maximum Gasteiger partial charge on any atom is 0.310 e. The molecule has 134 valence electrons. The zero-order valence-electron chi connectivity index (χ0n) is 14.3. The van der Waals surface area contributed by atoms with Crippen molar-refractivity contribution in [3.8, 4) is 0 Å². The van der Waals surface area contributed by atoms with E-state index in [0.717, 1.165) is 12.5 Å². The minimum absolute atomic E-state index is 0. The number of esters is 2. The van der Waals surface area contributed by atoms with Gasteiger partial charge in [-0.15, -0.1) is 24.0 Å². The molecule has 0 bridgehead atoms. The van der Waals surface area contributed by atoms with Gasteiger partial charge in [0, 0.05) is 33.1 Å². The molecule has 0 spiro atoms. The van der Waals surface area contributed by atoms with Crippen LogP contribution in [0.4, 0.5) is 0 Å². The van der Waals surface area contributed by atoms with Crippen LogP contribution in [0.5, 0.6) is 0 Å². The number of halogens is 1. The van der Waals surface area contributed by atoms with Crippen LogP contribution >= 0.6 is 24.0 Å². The summed E-state index contributed by atoms with van der Waals surface area (Å²) in [7, 11) is 3.13. The number of methoxy groups -OCH3 is 1. The van der Waals surface area contributed by atoms with Crippen molar-refractivity contribution in [1.29, 1.82) is 0 Å². The Hall–Kier alpha value is -1.06. The molecule has 0 saturated carbocycles. The van der Waals surface area contributed by atoms with Gasteiger partial charge in [-0.1, -0.05) is 6.92 Å². The maximum absolute atomic E-state index is 11.7. The van der Waals surface area contributed by atoms with Crippen LogP contribution in [-0.2, 0) is 19.1 Å². The number of rotatable bonds is 6. The lowest BCUT2D eigenvalue weighted by Gasteiger charge is -2.21. The third kappa shape index (κ3) is 6.92. The lowest BCUT2D eigenvalue weighted by molar-refractivity contribution is -0.146. The number of guanidine groups is 1. The third-order valence-electron chi connectivity index (χ3n) is 3.77. The van der Waals surface area contributed by atoms with Crippen molar-refractivity contribution in [2.75, 3.05) is 40.4 Å². The first-order valence-electron chi connectivity index (χ1n) is 7.72. The first kappa shape index (κ1) is 21.9. The fraction of sp³-hybridized carbons (Fsp3) is 0.800. The highest BCUT2D eigenvalue weighted by molar-refractivity contribution is 14.0. The Labute approximate surface area is 155 Å². The average Bonchev–Trinajstić information content (AvgIpc) is 2.88. The molecule has 2 unspecified atom stereocenters. The normalized spacial score (nSPS) is 20.7. The highest BCUT2D eigenvalue weighted by atomic mass is 127. The molecule has 7 nitrogen and oxygen atoms in total. The van der Waals surface area contributed by atoms with E-state index in [0.29, 0.717) is 32.5 Å². The summed E-state index contributed by atoms with van der Waals surface area (Å²) < 4.78 is 9.72. The van der Waals surface area contributed by atoms with Crippen molar-refractivity contribution < 1.29 is 19.1 Å². The topological polar surface area (TPSA) is 80.2 Å². The molecule has 1 heterocycles. The fourth-order valence-electron chi connectivity index (χ4n) is 2.60. The molecule has 0 radical (unpaired) electrons. The molecular formula is C15H28IN3O4. The predicted octanol–water partition coefficient (Wildman–Crippen LogP) is 1.26. The van der Waals surface area contributed by atoms with E-state index in [2.05, 4.69) is 15.2 Å². The van der Waals surface area contributed by atoms with Crippen LogP contribution in [-0.4, -0.2) is 63.2 Å². The number of carbonyl (C=O) groups is 2. The highest BCUT2D eigenvalue weighted by Crippen LogP contribution is 2.23. The van der Waals surface area contributed by atoms with E-state index in [1.54, 1.807) is 14.0 Å². The molecule has 1 aliphatic rings. The zero-order chi connectivity index (χ0) is 16.5. The van der Waals surface area contributed by atoms with Crippen LogP contribution in [0.2, 0.25) is 0 Å². The molecule has 23 heavy (non-hydrogen) atoms. The van der Waals surface area contributed by atoms with E-state index in [1.165, 1.54) is 7.11 Å². The Bertz CT molecular complexity index is 418. The Morgan fingerprint density at radius 1 is 1.35 bits per heavy atom. The van der Waals surface area contributed by atoms with Gasteiger partial charge in [0.25, 0.3) is 0 Å². The van der Waals surface area contributed by atoms with Crippen LogP contribution < -0.4 is 5.32 Å². The second-order valence-corrected chi connectivity index (χ2v) is 5.39. The summed E-state index contributed by atoms with van der Waals surface area (Å²) in [4.78, 5) is 29.3. The Balaban J connectivity index is 0.00000484. The van der Waals surface area contributed by atoms with Crippen LogP contribution in [0.25, 0.3) is 0 Å². The monoisotopic (exact) mass is 441 g/mol. The van der Waals surface area contributed by atoms with Gasteiger partial charge >= 0.3 is 11.9 Å². The summed E-state index contributed by atoms with van der Waals surface area (Å²) in [5, 5.41) is 3.22. The fourth-order valence-corrected chi connectivity index (χ4v) is 2.60. The van der Waals surface area contributed by atoms with Crippen LogP contribution in [0.3, 0.4) is 0 Å². The summed E-state index contributed by atoms with van der Waals surface area (Å²) in [6, 6.07) is 0. The van der Waals surface area contributed by atoms with E-state index < -0.39 is 0 Å². The molecular weight excluding hydrogens is 413 g/mol. The smallest absolute Gasteiger partial charge is 0.310 e. The number of nitrogens with one attached hydrogen (secondary N) is 1.